The molecule has 0 radical (unpaired) electrons. The molecule has 0 aromatic heterocycles. The summed E-state index contributed by atoms with van der Waals surface area (Å²) in [5.74, 6) is -34.1. The predicted octanol–water partition coefficient (Wildman–Crippen LogP) is 7.57. The summed E-state index contributed by atoms with van der Waals surface area (Å²) in [6.45, 7) is 0. The van der Waals surface area contributed by atoms with Crippen LogP contribution >= 0.6 is 0 Å². The van der Waals surface area contributed by atoms with Gasteiger partial charge in [-0.05, 0) is 0 Å². The molecule has 0 fully saturated rings. The van der Waals surface area contributed by atoms with Gasteiger partial charge in [-0.3, -0.25) is 0 Å². The fourth-order valence-electron chi connectivity index (χ4n) is 2.25. The van der Waals surface area contributed by atoms with Crippen LogP contribution < -0.4 is 5.32 Å². The van der Waals surface area contributed by atoms with Crippen LogP contribution in [-0.2, 0) is 0 Å². The third-order valence-corrected chi connectivity index (χ3v) is 3.85. The zero-order valence-corrected chi connectivity index (χ0v) is 15.9. The number of hydrogen-bond acceptors (Lipinski definition) is 2. The maximum atomic E-state index is 14.4. The van der Waals surface area contributed by atoms with Crippen LogP contribution in [0.3, 0.4) is 0 Å². The first-order valence-electron chi connectivity index (χ1n) is 8.16. The Morgan fingerprint density at radius 3 is 1.17 bits per heavy atom. The summed E-state index contributed by atoms with van der Waals surface area (Å²) in [5, 5.41) is 0.170. The van der Waals surface area contributed by atoms with Crippen molar-refractivity contribution in [1.82, 2.24) is 0 Å². The highest BCUT2D eigenvalue weighted by molar-refractivity contribution is 6.05. The van der Waals surface area contributed by atoms with Gasteiger partial charge in [0.1, 0.15) is 11.4 Å². The van der Waals surface area contributed by atoms with Crippen molar-refractivity contribution in [2.24, 2.45) is 4.99 Å². The normalized spacial score (nSPS) is 13.8. The Morgan fingerprint density at radius 1 is 0.500 bits per heavy atom. The van der Waals surface area contributed by atoms with Crippen LogP contribution in [0.4, 0.5) is 86.0 Å². The van der Waals surface area contributed by atoms with E-state index in [4.69, 9.17) is 0 Å². The molecule has 0 aliphatic carbocycles. The van der Waals surface area contributed by atoms with Gasteiger partial charge in [0, 0.05) is 0 Å². The van der Waals surface area contributed by atoms with Gasteiger partial charge in [0.25, 0.3) is 0 Å². The fraction of sp³-hybridized carbons (Fsp3) is 0.118. The van der Waals surface area contributed by atoms with E-state index < -0.39 is 99.1 Å². The summed E-state index contributed by atoms with van der Waals surface area (Å²) in [7, 11) is 0. The van der Waals surface area contributed by atoms with E-state index in [0.717, 1.165) is 0 Å². The standard InChI is InChI=1S/C17HF17N2/c18-1-3(20)7(24)12(8(25)4(1)21)35-14(16(29,30)31)11(28)15(17(32,33)34)36-13-9(26)5(22)2(19)6(23)10(13)27/h35H/b14-11+,36-15?. The van der Waals surface area contributed by atoms with Crippen LogP contribution in [0, 0.1) is 58.2 Å². The third kappa shape index (κ3) is 5.03. The SMILES string of the molecule is F/C(C(=Nc1c(F)c(F)c(F)c(F)c1F)C(F)(F)F)=C(/Nc1c(F)c(F)c(F)c(F)c1F)C(F)(F)F. The average Bonchev–Trinajstić information content (AvgIpc) is 2.77. The minimum atomic E-state index is -6.56. The Hall–Kier alpha value is -3.54. The molecule has 2 aromatic rings. The van der Waals surface area contributed by atoms with E-state index in [1.165, 1.54) is 0 Å². The Kier molecular flexibility index (Phi) is 7.56. The minimum Gasteiger partial charge on any atom is -0.344 e. The molecule has 0 unspecified atom stereocenters. The van der Waals surface area contributed by atoms with E-state index in [9.17, 15) is 74.6 Å². The van der Waals surface area contributed by atoms with Crippen LogP contribution in [0.25, 0.3) is 0 Å². The van der Waals surface area contributed by atoms with Gasteiger partial charge >= 0.3 is 12.4 Å². The second-order valence-corrected chi connectivity index (χ2v) is 6.13. The van der Waals surface area contributed by atoms with Crippen molar-refractivity contribution in [3.63, 3.8) is 0 Å². The number of rotatable bonds is 4. The monoisotopic (exact) mass is 556 g/mol. The molecule has 0 saturated heterocycles. The van der Waals surface area contributed by atoms with Crippen molar-refractivity contribution in [1.29, 1.82) is 0 Å². The summed E-state index contributed by atoms with van der Waals surface area (Å²) in [5.41, 5.74) is -12.8. The van der Waals surface area contributed by atoms with Gasteiger partial charge < -0.3 is 5.32 Å². The highest BCUT2D eigenvalue weighted by atomic mass is 19.4. The molecule has 36 heavy (non-hydrogen) atoms. The number of aliphatic imine (C=N–C) groups is 1. The summed E-state index contributed by atoms with van der Waals surface area (Å²) in [6, 6.07) is 0. The maximum Gasteiger partial charge on any atom is 0.436 e. The molecule has 0 aliphatic rings. The highest BCUT2D eigenvalue weighted by Gasteiger charge is 2.47. The zero-order chi connectivity index (χ0) is 28.1. The number of alkyl halides is 6. The van der Waals surface area contributed by atoms with Gasteiger partial charge in [-0.2, -0.15) is 26.3 Å². The van der Waals surface area contributed by atoms with Crippen LogP contribution in [0.1, 0.15) is 0 Å². The Bertz CT molecular complexity index is 1230. The smallest absolute Gasteiger partial charge is 0.344 e. The molecule has 0 aliphatic heterocycles. The number of benzene rings is 2. The molecule has 0 heterocycles. The predicted molar refractivity (Wildman–Crippen MR) is 83.4 cm³/mol. The lowest BCUT2D eigenvalue weighted by molar-refractivity contribution is -0.0923. The molecule has 0 amide bonds. The van der Waals surface area contributed by atoms with E-state index in [-0.39, 0.29) is 5.32 Å². The van der Waals surface area contributed by atoms with Crippen LogP contribution in [-0.4, -0.2) is 18.1 Å². The minimum absolute atomic E-state index is 0.170. The Balaban J connectivity index is 2.94. The molecule has 1 N–H and O–H groups in total. The summed E-state index contributed by atoms with van der Waals surface area (Å²) in [6.07, 6.45) is -13.1. The lowest BCUT2D eigenvalue weighted by Gasteiger charge is -2.19. The highest BCUT2D eigenvalue weighted by Crippen LogP contribution is 2.38. The molecule has 0 atom stereocenters. The van der Waals surface area contributed by atoms with Gasteiger partial charge in [-0.15, -0.1) is 0 Å². The number of halogens is 17. The Morgan fingerprint density at radius 2 is 0.833 bits per heavy atom. The van der Waals surface area contributed by atoms with Crippen LogP contribution in [0.2, 0.25) is 0 Å². The van der Waals surface area contributed by atoms with E-state index in [0.29, 0.717) is 0 Å². The molecular weight excluding hydrogens is 555 g/mol. The topological polar surface area (TPSA) is 24.4 Å². The van der Waals surface area contributed by atoms with E-state index in [2.05, 4.69) is 0 Å². The second-order valence-electron chi connectivity index (χ2n) is 6.13. The van der Waals surface area contributed by atoms with Gasteiger partial charge in [-0.25, -0.2) is 53.3 Å². The van der Waals surface area contributed by atoms with Crippen molar-refractivity contribution < 1.29 is 74.6 Å². The van der Waals surface area contributed by atoms with Crippen molar-refractivity contribution in [3.05, 3.63) is 69.7 Å². The molecule has 2 rings (SSSR count). The largest absolute Gasteiger partial charge is 0.436 e. The summed E-state index contributed by atoms with van der Waals surface area (Å²) in [4.78, 5) is 1.69. The lowest BCUT2D eigenvalue weighted by atomic mass is 10.2. The first-order chi connectivity index (χ1) is 16.2. The van der Waals surface area contributed by atoms with Gasteiger partial charge in [0.2, 0.25) is 11.6 Å². The molecule has 2 nitrogen and oxygen atoms in total. The zero-order valence-electron chi connectivity index (χ0n) is 15.9. The maximum absolute atomic E-state index is 14.4. The second kappa shape index (κ2) is 9.49. The molecule has 198 valence electrons. The molecule has 19 heteroatoms. The van der Waals surface area contributed by atoms with E-state index in [1.54, 1.807) is 4.99 Å². The molecule has 0 saturated carbocycles. The molecule has 2 aromatic carbocycles. The van der Waals surface area contributed by atoms with Crippen LogP contribution in [0.15, 0.2) is 16.5 Å². The van der Waals surface area contributed by atoms with Gasteiger partial charge in [0.05, 0.1) is 0 Å². The quantitative estimate of drug-likeness (QED) is 0.179. The number of allylic oxidation sites excluding steroid dienone is 2. The first-order valence-corrected chi connectivity index (χ1v) is 8.16. The number of hydrogen-bond donors (Lipinski definition) is 1. The summed E-state index contributed by atoms with van der Waals surface area (Å²) >= 11 is 0. The van der Waals surface area contributed by atoms with Crippen molar-refractivity contribution in [2.75, 3.05) is 5.32 Å². The van der Waals surface area contributed by atoms with Crippen molar-refractivity contribution in [3.8, 4) is 0 Å². The van der Waals surface area contributed by atoms with Crippen molar-refractivity contribution in [2.45, 2.75) is 12.4 Å². The van der Waals surface area contributed by atoms with Crippen LogP contribution in [0.5, 0.6) is 0 Å². The van der Waals surface area contributed by atoms with Crippen molar-refractivity contribution >= 4 is 17.1 Å². The molecular formula is C17HF17N2. The van der Waals surface area contributed by atoms with E-state index >= 15 is 0 Å². The first kappa shape index (κ1) is 28.7. The molecule has 0 bridgehead atoms. The summed E-state index contributed by atoms with van der Waals surface area (Å²) < 4.78 is 227. The number of nitrogens with one attached hydrogen (secondary N) is 1. The third-order valence-electron chi connectivity index (χ3n) is 3.85. The van der Waals surface area contributed by atoms with Gasteiger partial charge in [0.15, 0.2) is 63.8 Å². The number of nitrogens with zero attached hydrogens (tertiary/aromatic N) is 1. The molecule has 0 spiro atoms. The number of anilines is 1. The lowest BCUT2D eigenvalue weighted by Crippen LogP contribution is -2.30. The Labute approximate surface area is 185 Å². The van der Waals surface area contributed by atoms with E-state index in [1.807, 2.05) is 0 Å². The van der Waals surface area contributed by atoms with Gasteiger partial charge in [-0.1, -0.05) is 0 Å². The average molecular weight is 556 g/mol. The fourth-order valence-corrected chi connectivity index (χ4v) is 2.25.